The van der Waals surface area contributed by atoms with E-state index in [0.717, 1.165) is 49.7 Å². The molecule has 2 N–H and O–H groups in total. The van der Waals surface area contributed by atoms with Crippen LogP contribution in [-0.4, -0.2) is 20.1 Å². The summed E-state index contributed by atoms with van der Waals surface area (Å²) in [5, 5.41) is 47.0. The van der Waals surface area contributed by atoms with E-state index in [1.165, 1.54) is 38.5 Å². The first-order valence-electron chi connectivity index (χ1n) is 15.2. The number of benzene rings is 2. The fourth-order valence-corrected chi connectivity index (χ4v) is 11.5. The van der Waals surface area contributed by atoms with Crippen LogP contribution in [0.4, 0.5) is 11.4 Å². The van der Waals surface area contributed by atoms with Crippen LogP contribution in [0.25, 0.3) is 11.1 Å². The highest BCUT2D eigenvalue weighted by atomic mass is 16.6. The molecule has 8 aliphatic carbocycles. The van der Waals surface area contributed by atoms with Crippen molar-refractivity contribution in [2.45, 2.75) is 87.9 Å². The molecular formula is C32H36N2O6. The number of nitro groups is 2. The van der Waals surface area contributed by atoms with Gasteiger partial charge >= 0.3 is 11.4 Å². The Bertz CT molecular complexity index is 1280. The molecule has 210 valence electrons. The van der Waals surface area contributed by atoms with E-state index in [-0.39, 0.29) is 33.3 Å². The van der Waals surface area contributed by atoms with Gasteiger partial charge in [-0.3, -0.25) is 20.2 Å². The molecule has 40 heavy (non-hydrogen) atoms. The van der Waals surface area contributed by atoms with Crippen molar-refractivity contribution in [3.63, 3.8) is 0 Å². The predicted octanol–water partition coefficient (Wildman–Crippen LogP) is 7.52. The minimum atomic E-state index is -0.558. The maximum absolute atomic E-state index is 12.2. The zero-order valence-electron chi connectivity index (χ0n) is 22.7. The average Bonchev–Trinajstić information content (AvgIpc) is 2.87. The van der Waals surface area contributed by atoms with Crippen LogP contribution in [0, 0.1) is 55.7 Å². The van der Waals surface area contributed by atoms with Gasteiger partial charge in [-0.25, -0.2) is 0 Å². The van der Waals surface area contributed by atoms with E-state index in [4.69, 9.17) is 0 Å². The second-order valence-corrected chi connectivity index (χ2v) is 14.7. The Morgan fingerprint density at radius 3 is 1.07 bits per heavy atom. The molecule has 2 aromatic rings. The van der Waals surface area contributed by atoms with Gasteiger partial charge in [-0.15, -0.1) is 0 Å². The number of aromatic hydroxyl groups is 2. The Morgan fingerprint density at radius 2 is 0.825 bits per heavy atom. The summed E-state index contributed by atoms with van der Waals surface area (Å²) < 4.78 is 0. The summed E-state index contributed by atoms with van der Waals surface area (Å²) in [6.45, 7) is 0. The lowest BCUT2D eigenvalue weighted by molar-refractivity contribution is -0.386. The number of phenols is 2. The highest BCUT2D eigenvalue weighted by Gasteiger charge is 2.54. The van der Waals surface area contributed by atoms with E-state index in [2.05, 4.69) is 0 Å². The van der Waals surface area contributed by atoms with Crippen molar-refractivity contribution in [1.82, 2.24) is 0 Å². The van der Waals surface area contributed by atoms with Crippen molar-refractivity contribution in [2.75, 3.05) is 0 Å². The first-order valence-corrected chi connectivity index (χ1v) is 15.2. The normalized spacial score (nSPS) is 38.6. The van der Waals surface area contributed by atoms with Gasteiger partial charge in [0, 0.05) is 23.3 Å². The Labute approximate surface area is 233 Å². The third-order valence-electron chi connectivity index (χ3n) is 12.2. The monoisotopic (exact) mass is 544 g/mol. The summed E-state index contributed by atoms with van der Waals surface area (Å²) in [6.07, 6.45) is 13.3. The quantitative estimate of drug-likeness (QED) is 0.296. The smallest absolute Gasteiger partial charge is 0.311 e. The number of rotatable bonds is 5. The summed E-state index contributed by atoms with van der Waals surface area (Å²) in [4.78, 5) is 23.3. The topological polar surface area (TPSA) is 127 Å². The largest absolute Gasteiger partial charge is 0.502 e. The fraction of sp³-hybridized carbons (Fsp3) is 0.625. The van der Waals surface area contributed by atoms with Crippen molar-refractivity contribution in [1.29, 1.82) is 0 Å². The molecule has 0 saturated heterocycles. The molecule has 0 spiro atoms. The minimum Gasteiger partial charge on any atom is -0.502 e. The van der Waals surface area contributed by atoms with Gasteiger partial charge in [-0.2, -0.15) is 0 Å². The molecule has 0 aromatic heterocycles. The number of hydrogen-bond donors (Lipinski definition) is 2. The Morgan fingerprint density at radius 1 is 0.550 bits per heavy atom. The summed E-state index contributed by atoms with van der Waals surface area (Å²) in [5.74, 6) is 2.69. The van der Waals surface area contributed by atoms with Crippen molar-refractivity contribution >= 4 is 11.4 Å². The lowest BCUT2D eigenvalue weighted by Gasteiger charge is -2.57. The summed E-state index contributed by atoms with van der Waals surface area (Å²) in [7, 11) is 0. The van der Waals surface area contributed by atoms with Crippen molar-refractivity contribution < 1.29 is 20.1 Å². The molecule has 8 nitrogen and oxygen atoms in total. The first kappa shape index (κ1) is 24.6. The molecule has 0 amide bonds. The molecule has 10 rings (SSSR count). The van der Waals surface area contributed by atoms with Gasteiger partial charge in [0.15, 0.2) is 0 Å². The molecule has 0 unspecified atom stereocenters. The molecular weight excluding hydrogens is 508 g/mol. The second-order valence-electron chi connectivity index (χ2n) is 14.7. The van der Waals surface area contributed by atoms with E-state index < -0.39 is 21.3 Å². The van der Waals surface area contributed by atoms with Crippen LogP contribution in [0.5, 0.6) is 11.5 Å². The minimum absolute atomic E-state index is 0.145. The van der Waals surface area contributed by atoms with E-state index >= 15 is 0 Å². The average molecular weight is 545 g/mol. The number of hydrogen-bond acceptors (Lipinski definition) is 6. The van der Waals surface area contributed by atoms with Crippen LogP contribution < -0.4 is 0 Å². The van der Waals surface area contributed by atoms with Crippen LogP contribution in [0.1, 0.15) is 88.2 Å². The van der Waals surface area contributed by atoms with Gasteiger partial charge in [-0.05, 0) is 147 Å². The molecule has 8 heteroatoms. The van der Waals surface area contributed by atoms with Gasteiger partial charge in [0.2, 0.25) is 11.5 Å². The number of nitro benzene ring substituents is 2. The first-order chi connectivity index (χ1) is 19.1. The highest BCUT2D eigenvalue weighted by molar-refractivity contribution is 5.83. The third kappa shape index (κ3) is 3.50. The third-order valence-corrected chi connectivity index (χ3v) is 12.2. The fourth-order valence-electron chi connectivity index (χ4n) is 11.5. The maximum Gasteiger partial charge on any atom is 0.311 e. The van der Waals surface area contributed by atoms with Gasteiger partial charge in [0.1, 0.15) is 0 Å². The van der Waals surface area contributed by atoms with Crippen LogP contribution in [0.15, 0.2) is 24.3 Å². The lowest BCUT2D eigenvalue weighted by Crippen LogP contribution is -2.48. The standard InChI is InChI=1S/C32H36N2O6/c35-29-25(7-23(9-27(29)33(37)38)31-11-17-1-18(12-31)3-19(2-17)13-31)26-8-24(10-28(30(26)36)34(39)40)32-14-20-4-21(15-32)6-22(5-20)16-32/h7-10,17-22,35-36H,1-6,11-16H2. The zero-order chi connectivity index (χ0) is 27.6. The van der Waals surface area contributed by atoms with E-state index in [0.29, 0.717) is 35.5 Å². The molecule has 2 aromatic carbocycles. The van der Waals surface area contributed by atoms with Crippen LogP contribution in [0.3, 0.4) is 0 Å². The highest BCUT2D eigenvalue weighted by Crippen LogP contribution is 2.63. The van der Waals surface area contributed by atoms with Gasteiger partial charge in [0.05, 0.1) is 9.85 Å². The van der Waals surface area contributed by atoms with Crippen molar-refractivity contribution in [3.8, 4) is 22.6 Å². The van der Waals surface area contributed by atoms with Gasteiger partial charge in [0.25, 0.3) is 0 Å². The van der Waals surface area contributed by atoms with Crippen molar-refractivity contribution in [2.24, 2.45) is 35.5 Å². The molecule has 8 saturated carbocycles. The van der Waals surface area contributed by atoms with E-state index in [9.17, 15) is 30.4 Å². The Balaban J connectivity index is 1.31. The Kier molecular flexibility index (Phi) is 5.05. The number of phenolic OH excluding ortho intramolecular Hbond substituents is 2. The zero-order valence-corrected chi connectivity index (χ0v) is 22.7. The van der Waals surface area contributed by atoms with Crippen LogP contribution >= 0.6 is 0 Å². The van der Waals surface area contributed by atoms with Crippen LogP contribution in [-0.2, 0) is 10.8 Å². The number of nitrogens with zero attached hydrogens (tertiary/aromatic N) is 2. The predicted molar refractivity (Wildman–Crippen MR) is 148 cm³/mol. The molecule has 8 aliphatic rings. The van der Waals surface area contributed by atoms with Gasteiger partial charge in [-0.1, -0.05) is 0 Å². The molecule has 0 atom stereocenters. The molecule has 8 bridgehead atoms. The summed E-state index contributed by atoms with van der Waals surface area (Å²) >= 11 is 0. The summed E-state index contributed by atoms with van der Waals surface area (Å²) in [5.41, 5.74) is 0.847. The molecule has 8 fully saturated rings. The summed E-state index contributed by atoms with van der Waals surface area (Å²) in [6, 6.07) is 6.72. The SMILES string of the molecule is O=[N+]([O-])c1cc(C23CC4CC(CC(C4)C2)C3)cc(-c2cc(C34CC5CC(CC(C5)C3)C4)cc([N+](=O)[O-])c2O)c1O. The lowest BCUT2D eigenvalue weighted by atomic mass is 9.48. The molecule has 0 heterocycles. The molecule has 0 radical (unpaired) electrons. The van der Waals surface area contributed by atoms with E-state index in [1.807, 2.05) is 12.1 Å². The Hall–Kier alpha value is -3.16. The van der Waals surface area contributed by atoms with Crippen LogP contribution in [0.2, 0.25) is 0 Å². The second kappa shape index (κ2) is 8.20. The molecule has 0 aliphatic heterocycles. The maximum atomic E-state index is 12.2. The van der Waals surface area contributed by atoms with Crippen molar-refractivity contribution in [3.05, 3.63) is 55.6 Å². The van der Waals surface area contributed by atoms with E-state index in [1.54, 1.807) is 12.1 Å². The van der Waals surface area contributed by atoms with Gasteiger partial charge < -0.3 is 10.2 Å².